The van der Waals surface area contributed by atoms with Crippen molar-refractivity contribution in [1.29, 1.82) is 0 Å². The van der Waals surface area contributed by atoms with E-state index in [1.165, 1.54) is 41.5 Å². The molecule has 0 radical (unpaired) electrons. The van der Waals surface area contributed by atoms with Gasteiger partial charge in [-0.15, -0.1) is 35.6 Å². The third-order valence-electron chi connectivity index (χ3n) is 14.4. The van der Waals surface area contributed by atoms with Crippen molar-refractivity contribution in [2.45, 2.75) is 136 Å². The van der Waals surface area contributed by atoms with Crippen molar-refractivity contribution in [3.05, 3.63) is 202 Å². The van der Waals surface area contributed by atoms with Gasteiger partial charge in [0.05, 0.1) is 89.9 Å². The van der Waals surface area contributed by atoms with Gasteiger partial charge in [0.25, 0.3) is 0 Å². The van der Waals surface area contributed by atoms with Gasteiger partial charge in [0.1, 0.15) is 74.3 Å². The number of benzene rings is 7. The third-order valence-corrected chi connectivity index (χ3v) is 19.5. The molecule has 0 unspecified atom stereocenters. The molecule has 0 fully saturated rings. The van der Waals surface area contributed by atoms with Crippen LogP contribution in [0.1, 0.15) is 129 Å². The number of aryl methyl sites for hydroxylation is 1. The first-order chi connectivity index (χ1) is 55.1. The maximum Gasteiger partial charge on any atom is 1.00 e. The van der Waals surface area contributed by atoms with E-state index in [1.807, 2.05) is 36.4 Å². The van der Waals surface area contributed by atoms with Gasteiger partial charge in [0, 0.05) is 113 Å². The SMILES string of the molecule is C.C.C.Cc1cc2c(c(OCCCCOc3c(Cl)cc(OCC=C(Cl)Cl)cc3Cl)c1)OC(C)(C)C2.ClC(Cl)=CCOc1cc(Cl)c(OCCCCBr)c(Cl)c1.ClCCC(Cl)(Cl)Cl.I.OCCCCOc1c(Cl)cc(O)cc1Cl.OCCCCOc1c(Cl)cc(OCC=C(Cl)Cl)cc1Cl.OCCCCOc1c(Cl)cc(OCc2ccccc2)cc1Cl.[H-].[H-].[HH].[HH].[K+].[K+]. The molecule has 0 saturated heterocycles. The third kappa shape index (κ3) is 57.3. The van der Waals surface area contributed by atoms with Gasteiger partial charge < -0.3 is 75.4 Å². The zero-order chi connectivity index (χ0) is 86.2. The Bertz CT molecular complexity index is 3960. The molecule has 0 atom stereocenters. The van der Waals surface area contributed by atoms with Crippen molar-refractivity contribution in [3.8, 4) is 69.0 Å². The van der Waals surface area contributed by atoms with Crippen LogP contribution in [0.25, 0.3) is 0 Å². The van der Waals surface area contributed by atoms with Crippen LogP contribution in [-0.4, -0.2) is 120 Å². The van der Waals surface area contributed by atoms with Crippen LogP contribution in [0.4, 0.5) is 0 Å². The van der Waals surface area contributed by atoms with Crippen LogP contribution in [-0.2, 0) is 13.0 Å². The second-order valence-electron chi connectivity index (χ2n) is 24.6. The molecule has 122 heavy (non-hydrogen) atoms. The number of aliphatic hydroxyl groups is 3. The normalized spacial score (nSPS) is 10.8. The van der Waals surface area contributed by atoms with E-state index in [9.17, 15) is 5.11 Å². The summed E-state index contributed by atoms with van der Waals surface area (Å²) in [4.78, 5) is 0. The quantitative estimate of drug-likeness (QED) is 0.0123. The molecular weight excluding hydrogens is 2230 g/mol. The molecular formula is C83H106BrCl20IK2O15. The fourth-order valence-electron chi connectivity index (χ4n) is 9.20. The smallest absolute Gasteiger partial charge is 1.00 e. The molecule has 1 aliphatic rings. The van der Waals surface area contributed by atoms with E-state index in [2.05, 4.69) is 42.8 Å². The van der Waals surface area contributed by atoms with E-state index in [0.717, 1.165) is 73.8 Å². The van der Waals surface area contributed by atoms with Gasteiger partial charge in [0.2, 0.25) is 0 Å². The molecule has 0 amide bonds. The van der Waals surface area contributed by atoms with Crippen LogP contribution < -0.4 is 155 Å². The van der Waals surface area contributed by atoms with E-state index >= 15 is 0 Å². The minimum absolute atomic E-state index is 0. The molecule has 0 spiro atoms. The molecule has 1 heterocycles. The molecule has 7 aromatic rings. The van der Waals surface area contributed by atoms with Gasteiger partial charge in [0.15, 0.2) is 44.0 Å². The van der Waals surface area contributed by atoms with E-state index in [0.29, 0.717) is 170 Å². The number of alkyl halides is 5. The molecule has 0 aliphatic carbocycles. The monoisotopic (exact) mass is 2330 g/mol. The van der Waals surface area contributed by atoms with E-state index in [1.54, 1.807) is 48.5 Å². The molecule has 4 N–H and O–H groups in total. The zero-order valence-corrected chi connectivity index (χ0v) is 90.5. The Morgan fingerprint density at radius 1 is 0.451 bits per heavy atom. The van der Waals surface area contributed by atoms with Crippen molar-refractivity contribution in [2.24, 2.45) is 0 Å². The van der Waals surface area contributed by atoms with Crippen LogP contribution in [0.15, 0.2) is 135 Å². The van der Waals surface area contributed by atoms with Gasteiger partial charge in [-0.3, -0.25) is 0 Å². The molecule has 0 aromatic heterocycles. The van der Waals surface area contributed by atoms with Gasteiger partial charge in [-0.2, -0.15) is 0 Å². The summed E-state index contributed by atoms with van der Waals surface area (Å²) in [5, 5.41) is 39.8. The van der Waals surface area contributed by atoms with Gasteiger partial charge in [-0.1, -0.05) is 295 Å². The van der Waals surface area contributed by atoms with Crippen molar-refractivity contribution >= 4 is 272 Å². The molecule has 684 valence electrons. The largest absolute Gasteiger partial charge is 1.00 e. The molecule has 0 saturated carbocycles. The summed E-state index contributed by atoms with van der Waals surface area (Å²) >= 11 is 119. The summed E-state index contributed by atoms with van der Waals surface area (Å²) in [6.07, 6.45) is 13.6. The zero-order valence-electron chi connectivity index (χ0n) is 67.3. The van der Waals surface area contributed by atoms with Crippen LogP contribution in [0.2, 0.25) is 50.2 Å². The van der Waals surface area contributed by atoms with Crippen molar-refractivity contribution in [1.82, 2.24) is 0 Å². The first kappa shape index (κ1) is 130. The Kier molecular flexibility index (Phi) is 79.6. The Morgan fingerprint density at radius 2 is 0.746 bits per heavy atom. The fourth-order valence-corrected chi connectivity index (χ4v) is 13.7. The predicted octanol–water partition coefficient (Wildman–Crippen LogP) is 26.8. The summed E-state index contributed by atoms with van der Waals surface area (Å²) in [5.74, 6) is 6.31. The van der Waals surface area contributed by atoms with Crippen LogP contribution in [0.3, 0.4) is 0 Å². The minimum Gasteiger partial charge on any atom is -1.00 e. The number of phenolic OH excluding ortho intramolecular Hbond substituents is 1. The number of hydrogen-bond acceptors (Lipinski definition) is 15. The summed E-state index contributed by atoms with van der Waals surface area (Å²) in [6, 6.07) is 29.9. The van der Waals surface area contributed by atoms with E-state index < -0.39 is 3.79 Å². The number of aromatic hydroxyl groups is 1. The Labute approximate surface area is 936 Å². The summed E-state index contributed by atoms with van der Waals surface area (Å²) in [5.41, 5.74) is 3.24. The van der Waals surface area contributed by atoms with Crippen LogP contribution in [0, 0.1) is 6.92 Å². The first-order valence-electron chi connectivity index (χ1n) is 35.5. The number of unbranched alkanes of at least 4 members (excludes halogenated alkanes) is 5. The molecule has 1 aliphatic heterocycles. The average molecular weight is 2340 g/mol. The van der Waals surface area contributed by atoms with Gasteiger partial charge in [-0.25, -0.2) is 0 Å². The Balaban J connectivity index is -0.000000225. The standard InChI is InChI=1S/C24H26Cl4O4.C17H18Cl2O3.C13H13BrCl4O2.C13H14Cl4O3.C10H12Cl2O3.C3H4Cl4.3CH4.HI.2K.2H2.2H/c1-15-10-16-14-24(2,3)32-22(16)20(11-15)30-7-4-5-8-31-23-18(25)12-17(13-19(23)26)29-9-6-21(27)28;18-15-10-14(22-12-13-6-2-1-3-7-13)11-16(19)17(15)21-9-5-4-8-20;14-4-1-2-5-20-13-10(15)7-9(8-11(13)16)19-6-3-12(17)18;14-10-7-9(19-6-3-12(16)17)8-11(15)13(10)20-5-2-1-4-18;11-8-5-7(14)6-9(12)10(8)15-4-2-1-3-13;4-2-1-3(5,6)7;;;;;;;;;;/h6,10-13H,4-5,7-9,14H2,1-3H3;1-3,6-7,10-11,20H,4-5,8-9,12H2;3,7-8H,1-2,4-6H2;3,7-8,18H,1-2,4-6H2;5-6,13-14H,1-4H2;1-2H2;3*1H4;1H;;;2*1H;;/q;;;;;;;;;;2*+1;;;2*-1. The maximum atomic E-state index is 9.17. The van der Waals surface area contributed by atoms with Gasteiger partial charge in [-0.05, 0) is 120 Å². The van der Waals surface area contributed by atoms with Crippen molar-refractivity contribution < 1.29 is 181 Å². The second-order valence-corrected chi connectivity index (χ2v) is 35.4. The number of aliphatic hydroxyl groups excluding tert-OH is 3. The van der Waals surface area contributed by atoms with Crippen molar-refractivity contribution in [2.75, 3.05) is 90.5 Å². The van der Waals surface area contributed by atoms with E-state index in [4.69, 9.17) is 299 Å². The summed E-state index contributed by atoms with van der Waals surface area (Å²) < 4.78 is 61.0. The number of ether oxygens (including phenoxy) is 11. The second kappa shape index (κ2) is 74.8. The fraction of sp³-hybridized carbons (Fsp3) is 0.422. The number of hydrogen-bond donors (Lipinski definition) is 4. The molecule has 15 nitrogen and oxygen atoms in total. The first-order valence-corrected chi connectivity index (χ1v) is 44.3. The molecule has 0 bridgehead atoms. The number of phenols is 1. The number of fused-ring (bicyclic) bond motifs is 1. The predicted molar refractivity (Wildman–Crippen MR) is 532 cm³/mol. The molecule has 39 heteroatoms. The number of halogens is 22. The minimum atomic E-state index is -1.16. The van der Waals surface area contributed by atoms with Crippen LogP contribution >= 0.6 is 272 Å². The van der Waals surface area contributed by atoms with E-state index in [-0.39, 0.29) is 229 Å². The van der Waals surface area contributed by atoms with Gasteiger partial charge >= 0.3 is 103 Å². The Hall–Kier alpha value is 1.52. The molecule has 7 aromatic carbocycles. The van der Waals surface area contributed by atoms with Crippen molar-refractivity contribution in [3.63, 3.8) is 0 Å². The average Bonchev–Trinajstić information content (AvgIpc) is 1.64. The summed E-state index contributed by atoms with van der Waals surface area (Å²) in [6.45, 7) is 10.7. The maximum absolute atomic E-state index is 9.17. The summed E-state index contributed by atoms with van der Waals surface area (Å²) in [7, 11) is 0. The number of rotatable bonds is 40. The Morgan fingerprint density at radius 3 is 1.03 bits per heavy atom. The van der Waals surface area contributed by atoms with Crippen LogP contribution in [0.5, 0.6) is 69.0 Å². The molecule has 8 rings (SSSR count). The topological polar surface area (TPSA) is 182 Å².